The molecule has 0 aliphatic carbocycles. The third-order valence-electron chi connectivity index (χ3n) is 7.53. The molecule has 11 heteroatoms. The number of piperazine rings is 1. The van der Waals surface area contributed by atoms with Gasteiger partial charge >= 0.3 is 10.4 Å². The molecule has 0 unspecified atom stereocenters. The van der Waals surface area contributed by atoms with Gasteiger partial charge in [-0.05, 0) is 49.2 Å². The highest BCUT2D eigenvalue weighted by Crippen LogP contribution is 2.33. The SMILES string of the molecule is O=S(=O)(O)Oc1cc(N2CCN(C3CCN(c4ccc(F)c5cccnc45)CC3)CC2)c2ncccc2c1. The molecular formula is C27H28FN5O4S. The second-order valence-corrected chi connectivity index (χ2v) is 10.8. The molecule has 38 heavy (non-hydrogen) atoms. The average Bonchev–Trinajstić information content (AvgIpc) is 2.92. The summed E-state index contributed by atoms with van der Waals surface area (Å²) in [5.74, 6) is -0.191. The van der Waals surface area contributed by atoms with Crippen molar-refractivity contribution in [2.75, 3.05) is 49.1 Å². The molecule has 2 aromatic carbocycles. The summed E-state index contributed by atoms with van der Waals surface area (Å²) in [7, 11) is -4.63. The van der Waals surface area contributed by atoms with E-state index in [0.717, 1.165) is 74.4 Å². The Kier molecular flexibility index (Phi) is 6.50. The van der Waals surface area contributed by atoms with Crippen LogP contribution in [-0.2, 0) is 10.4 Å². The summed E-state index contributed by atoms with van der Waals surface area (Å²) in [6, 6.07) is 14.2. The largest absolute Gasteiger partial charge is 0.446 e. The summed E-state index contributed by atoms with van der Waals surface area (Å²) >= 11 is 0. The van der Waals surface area contributed by atoms with Crippen LogP contribution in [0.1, 0.15) is 12.8 Å². The van der Waals surface area contributed by atoms with Crippen molar-refractivity contribution < 1.29 is 21.5 Å². The number of piperidine rings is 1. The van der Waals surface area contributed by atoms with Crippen LogP contribution in [0, 0.1) is 5.82 Å². The lowest BCUT2D eigenvalue weighted by Gasteiger charge is -2.44. The number of rotatable bonds is 5. The van der Waals surface area contributed by atoms with Gasteiger partial charge in [-0.2, -0.15) is 8.42 Å². The predicted octanol–water partition coefficient (Wildman–Crippen LogP) is 3.89. The molecule has 0 radical (unpaired) electrons. The average molecular weight is 538 g/mol. The molecule has 2 aliphatic rings. The van der Waals surface area contributed by atoms with Gasteiger partial charge in [0.25, 0.3) is 0 Å². The van der Waals surface area contributed by atoms with Gasteiger partial charge < -0.3 is 14.0 Å². The molecule has 2 saturated heterocycles. The molecule has 0 spiro atoms. The third-order valence-corrected chi connectivity index (χ3v) is 7.93. The van der Waals surface area contributed by atoms with Crippen LogP contribution in [0.2, 0.25) is 0 Å². The Hall–Kier alpha value is -3.54. The standard InChI is InChI=1S/C27H28FN5O4S/c28-23-5-6-24(27-22(23)4-2-10-30-27)32-11-7-20(8-12-32)31-13-15-33(16-14-31)25-18-21(37-38(34,35)36)17-19-3-1-9-29-26(19)25/h1-6,9-10,17-18,20H,7-8,11-16H2,(H,34,35,36). The van der Waals surface area contributed by atoms with Crippen LogP contribution in [0.25, 0.3) is 21.8 Å². The Balaban J connectivity index is 1.13. The summed E-state index contributed by atoms with van der Waals surface area (Å²) < 4.78 is 50.8. The first-order chi connectivity index (χ1) is 18.4. The maximum Gasteiger partial charge on any atom is 0.446 e. The van der Waals surface area contributed by atoms with Gasteiger partial charge in [-0.3, -0.25) is 19.4 Å². The zero-order valence-corrected chi connectivity index (χ0v) is 21.5. The highest BCUT2D eigenvalue weighted by molar-refractivity contribution is 7.81. The quantitative estimate of drug-likeness (QED) is 0.380. The van der Waals surface area contributed by atoms with Crippen molar-refractivity contribution in [1.29, 1.82) is 0 Å². The Labute approximate surface area is 220 Å². The fourth-order valence-electron chi connectivity index (χ4n) is 5.74. The van der Waals surface area contributed by atoms with Crippen molar-refractivity contribution in [3.63, 3.8) is 0 Å². The van der Waals surface area contributed by atoms with Gasteiger partial charge in [0.05, 0.1) is 22.4 Å². The molecule has 4 heterocycles. The number of anilines is 2. The smallest absolute Gasteiger partial charge is 0.370 e. The molecule has 0 amide bonds. The maximum absolute atomic E-state index is 14.3. The number of aromatic nitrogens is 2. The Morgan fingerprint density at radius 1 is 0.842 bits per heavy atom. The highest BCUT2D eigenvalue weighted by atomic mass is 32.3. The fourth-order valence-corrected chi connectivity index (χ4v) is 6.07. The third kappa shape index (κ3) is 4.96. The first-order valence-corrected chi connectivity index (χ1v) is 14.0. The van der Waals surface area contributed by atoms with E-state index in [2.05, 4.69) is 24.7 Å². The summed E-state index contributed by atoms with van der Waals surface area (Å²) in [5, 5.41) is 1.29. The second kappa shape index (κ2) is 9.97. The van der Waals surface area contributed by atoms with Gasteiger partial charge in [0.2, 0.25) is 0 Å². The zero-order chi connectivity index (χ0) is 26.3. The van der Waals surface area contributed by atoms with Gasteiger partial charge in [-0.25, -0.2) is 4.39 Å². The fraction of sp³-hybridized carbons (Fsp3) is 0.333. The summed E-state index contributed by atoms with van der Waals surface area (Å²) in [5.41, 5.74) is 3.24. The molecule has 2 aromatic heterocycles. The second-order valence-electron chi connectivity index (χ2n) is 9.74. The van der Waals surface area contributed by atoms with Gasteiger partial charge in [0, 0.05) is 74.5 Å². The van der Waals surface area contributed by atoms with Crippen LogP contribution < -0.4 is 14.0 Å². The van der Waals surface area contributed by atoms with E-state index in [-0.39, 0.29) is 11.6 Å². The molecule has 2 fully saturated rings. The first-order valence-electron chi connectivity index (χ1n) is 12.7. The molecule has 4 aromatic rings. The van der Waals surface area contributed by atoms with E-state index < -0.39 is 10.4 Å². The van der Waals surface area contributed by atoms with Gasteiger partial charge in [-0.1, -0.05) is 6.07 Å². The normalized spacial score (nSPS) is 17.8. The van der Waals surface area contributed by atoms with Crippen LogP contribution in [0.5, 0.6) is 5.75 Å². The van der Waals surface area contributed by atoms with Crippen molar-refractivity contribution in [2.45, 2.75) is 18.9 Å². The van der Waals surface area contributed by atoms with E-state index in [1.165, 1.54) is 6.07 Å². The maximum atomic E-state index is 14.3. The van der Waals surface area contributed by atoms with E-state index in [9.17, 15) is 12.8 Å². The minimum Gasteiger partial charge on any atom is -0.370 e. The number of pyridine rings is 2. The van der Waals surface area contributed by atoms with Crippen LogP contribution in [-0.4, -0.2) is 73.1 Å². The lowest BCUT2D eigenvalue weighted by atomic mass is 10.0. The number of hydrogen-bond acceptors (Lipinski definition) is 8. The number of hydrogen-bond donors (Lipinski definition) is 1. The minimum absolute atomic E-state index is 0.0561. The van der Waals surface area contributed by atoms with E-state index in [0.29, 0.717) is 16.9 Å². The Morgan fingerprint density at radius 2 is 1.53 bits per heavy atom. The number of benzene rings is 2. The summed E-state index contributed by atoms with van der Waals surface area (Å²) in [4.78, 5) is 16.0. The summed E-state index contributed by atoms with van der Waals surface area (Å²) in [6.07, 6.45) is 5.43. The van der Waals surface area contributed by atoms with Crippen LogP contribution >= 0.6 is 0 Å². The summed E-state index contributed by atoms with van der Waals surface area (Å²) in [6.45, 7) is 5.01. The van der Waals surface area contributed by atoms with Gasteiger partial charge in [0.15, 0.2) is 0 Å². The molecule has 0 saturated carbocycles. The molecule has 0 atom stereocenters. The van der Waals surface area contributed by atoms with Crippen LogP contribution in [0.4, 0.5) is 15.8 Å². The van der Waals surface area contributed by atoms with Crippen LogP contribution in [0.3, 0.4) is 0 Å². The van der Waals surface area contributed by atoms with Gasteiger partial charge in [0.1, 0.15) is 11.6 Å². The molecule has 9 nitrogen and oxygen atoms in total. The van der Waals surface area contributed by atoms with Crippen molar-refractivity contribution in [3.8, 4) is 5.75 Å². The van der Waals surface area contributed by atoms with Gasteiger partial charge in [-0.15, -0.1) is 0 Å². The highest BCUT2D eigenvalue weighted by Gasteiger charge is 2.29. The molecule has 0 bridgehead atoms. The van der Waals surface area contributed by atoms with Crippen molar-refractivity contribution in [2.24, 2.45) is 0 Å². The molecule has 198 valence electrons. The van der Waals surface area contributed by atoms with E-state index >= 15 is 0 Å². The number of fused-ring (bicyclic) bond motifs is 2. The van der Waals surface area contributed by atoms with Crippen molar-refractivity contribution in [3.05, 3.63) is 66.7 Å². The van der Waals surface area contributed by atoms with E-state index in [1.54, 1.807) is 42.7 Å². The Morgan fingerprint density at radius 3 is 2.26 bits per heavy atom. The Bertz CT molecular complexity index is 1590. The minimum atomic E-state index is -4.63. The van der Waals surface area contributed by atoms with E-state index in [1.807, 2.05) is 12.1 Å². The first kappa shape index (κ1) is 24.8. The van der Waals surface area contributed by atoms with Crippen molar-refractivity contribution in [1.82, 2.24) is 14.9 Å². The van der Waals surface area contributed by atoms with Crippen molar-refractivity contribution >= 4 is 43.6 Å². The molecule has 2 aliphatic heterocycles. The lowest BCUT2D eigenvalue weighted by Crippen LogP contribution is -2.53. The number of halogens is 1. The zero-order valence-electron chi connectivity index (χ0n) is 20.7. The number of nitrogens with zero attached hydrogens (tertiary/aromatic N) is 5. The molecule has 6 rings (SSSR count). The lowest BCUT2D eigenvalue weighted by molar-refractivity contribution is 0.160. The van der Waals surface area contributed by atoms with E-state index in [4.69, 9.17) is 8.74 Å². The molecule has 1 N–H and O–H groups in total. The topological polar surface area (TPSA) is 99.1 Å². The monoisotopic (exact) mass is 537 g/mol. The molecular weight excluding hydrogens is 509 g/mol. The predicted molar refractivity (Wildman–Crippen MR) is 145 cm³/mol. The van der Waals surface area contributed by atoms with Crippen LogP contribution in [0.15, 0.2) is 60.9 Å².